The molecule has 2 saturated heterocycles. The molecule has 4 aromatic carbocycles. The predicted molar refractivity (Wildman–Crippen MR) is 189 cm³/mol. The third-order valence-electron chi connectivity index (χ3n) is 10.9. The van der Waals surface area contributed by atoms with Gasteiger partial charge < -0.3 is 19.3 Å². The van der Waals surface area contributed by atoms with Crippen LogP contribution in [0.2, 0.25) is 0 Å². The molecule has 252 valence electrons. The minimum atomic E-state index is -0.942. The summed E-state index contributed by atoms with van der Waals surface area (Å²) in [5, 5.41) is 6.95. The molecule has 2 fully saturated rings. The summed E-state index contributed by atoms with van der Waals surface area (Å²) in [6.07, 6.45) is 1.98. The number of hydrogen-bond donors (Lipinski definition) is 1. The summed E-state index contributed by atoms with van der Waals surface area (Å²) in [6.45, 7) is 3.49. The van der Waals surface area contributed by atoms with Crippen LogP contribution in [0.25, 0.3) is 21.5 Å². The highest BCUT2D eigenvalue weighted by Gasteiger charge is 2.63. The minimum absolute atomic E-state index is 0.110. The molecule has 49 heavy (non-hydrogen) atoms. The number of fused-ring (bicyclic) bond motifs is 8. The highest BCUT2D eigenvalue weighted by molar-refractivity contribution is 6.20. The Balaban J connectivity index is 1.14. The second-order valence-electron chi connectivity index (χ2n) is 13.7. The average Bonchev–Trinajstić information content (AvgIpc) is 3.87. The van der Waals surface area contributed by atoms with Crippen LogP contribution in [0, 0.1) is 0 Å². The van der Waals surface area contributed by atoms with Crippen LogP contribution in [0.4, 0.5) is 11.4 Å². The number of esters is 2. The molecule has 0 saturated carbocycles. The smallest absolute Gasteiger partial charge is 0.308 e. The highest BCUT2D eigenvalue weighted by Crippen LogP contribution is 2.53. The minimum Gasteiger partial charge on any atom is -0.426 e. The summed E-state index contributed by atoms with van der Waals surface area (Å²) in [5.41, 5.74) is 1.40. The molecule has 0 aromatic heterocycles. The van der Waals surface area contributed by atoms with Gasteiger partial charge in [-0.15, -0.1) is 23.2 Å². The summed E-state index contributed by atoms with van der Waals surface area (Å²) in [6, 6.07) is 18.9. The number of nitrogens with one attached hydrogen (secondary N) is 1. The summed E-state index contributed by atoms with van der Waals surface area (Å²) >= 11 is 13.0. The molecule has 2 bridgehead atoms. The maximum absolute atomic E-state index is 14.7. The molecular weight excluding hydrogens is 665 g/mol. The fourth-order valence-electron chi connectivity index (χ4n) is 8.80. The van der Waals surface area contributed by atoms with Gasteiger partial charge in [0.15, 0.2) is 0 Å². The first kappa shape index (κ1) is 32.0. The van der Waals surface area contributed by atoms with Gasteiger partial charge in [-0.1, -0.05) is 48.5 Å². The van der Waals surface area contributed by atoms with Gasteiger partial charge in [0.1, 0.15) is 11.5 Å². The standard InChI is InChI=1S/C38H35Cl2N3O6/c1-21(44)48-31-15-29-33(27-9-5-3-7-25(27)31)23(17-39)19-42(29)35(46)37-11-13-38(41-37,14-12-37)36(47)43-20-24(18-40)34-28-10-6-4-8-26(28)32(16-30(34)43)49-22(2)45/h3-10,15-16,23-24,41H,11-14,17-20H2,1-2H3. The zero-order valence-corrected chi connectivity index (χ0v) is 28.7. The summed E-state index contributed by atoms with van der Waals surface area (Å²) in [7, 11) is 0. The number of nitrogens with zero attached hydrogens (tertiary/aromatic N) is 2. The first-order chi connectivity index (χ1) is 23.6. The van der Waals surface area contributed by atoms with Crippen molar-refractivity contribution in [1.82, 2.24) is 5.32 Å². The Kier molecular flexibility index (Phi) is 7.66. The summed E-state index contributed by atoms with van der Waals surface area (Å²) < 4.78 is 11.3. The zero-order chi connectivity index (χ0) is 34.2. The van der Waals surface area contributed by atoms with Crippen LogP contribution in [-0.2, 0) is 19.2 Å². The predicted octanol–water partition coefficient (Wildman–Crippen LogP) is 6.54. The molecule has 4 heterocycles. The molecule has 4 aromatic rings. The fraction of sp³-hybridized carbons (Fsp3) is 0.368. The van der Waals surface area contributed by atoms with E-state index in [-0.39, 0.29) is 23.7 Å². The SMILES string of the molecule is CC(=O)Oc1cc2c(c3ccccc13)C(CCl)CN2C(=O)C12CCC(C(=O)N3CC(CCl)c4c3cc(OC(C)=O)c3ccccc43)(CC1)N2. The van der Waals surface area contributed by atoms with Gasteiger partial charge in [-0.2, -0.15) is 0 Å². The van der Waals surface area contributed by atoms with Gasteiger partial charge in [-0.25, -0.2) is 0 Å². The number of alkyl halides is 2. The number of benzene rings is 4. The number of rotatable bonds is 6. The molecule has 0 aliphatic carbocycles. The molecule has 1 N–H and O–H groups in total. The number of ether oxygens (including phenoxy) is 2. The van der Waals surface area contributed by atoms with E-state index in [0.717, 1.165) is 32.7 Å². The quantitative estimate of drug-likeness (QED) is 0.139. The van der Waals surface area contributed by atoms with E-state index in [1.54, 1.807) is 21.9 Å². The van der Waals surface area contributed by atoms with Crippen molar-refractivity contribution in [3.05, 3.63) is 71.8 Å². The lowest BCUT2D eigenvalue weighted by molar-refractivity contribution is -0.132. The number of carbonyl (C=O) groups is 4. The zero-order valence-electron chi connectivity index (χ0n) is 27.2. The van der Waals surface area contributed by atoms with Gasteiger partial charge in [0, 0.05) is 73.4 Å². The van der Waals surface area contributed by atoms with Crippen molar-refractivity contribution in [3.63, 3.8) is 0 Å². The van der Waals surface area contributed by atoms with E-state index in [9.17, 15) is 19.2 Å². The number of halogens is 2. The van der Waals surface area contributed by atoms with Gasteiger partial charge in [-0.3, -0.25) is 24.5 Å². The lowest BCUT2D eigenvalue weighted by Gasteiger charge is -2.31. The Morgan fingerprint density at radius 2 is 1.04 bits per heavy atom. The molecule has 0 radical (unpaired) electrons. The van der Waals surface area contributed by atoms with Crippen LogP contribution in [0.3, 0.4) is 0 Å². The molecule has 0 spiro atoms. The van der Waals surface area contributed by atoms with Crippen LogP contribution >= 0.6 is 23.2 Å². The van der Waals surface area contributed by atoms with Gasteiger partial charge in [-0.05, 0) is 47.6 Å². The van der Waals surface area contributed by atoms with Gasteiger partial charge >= 0.3 is 11.9 Å². The van der Waals surface area contributed by atoms with E-state index < -0.39 is 23.0 Å². The average molecular weight is 701 g/mol. The lowest BCUT2D eigenvalue weighted by Crippen LogP contribution is -2.58. The van der Waals surface area contributed by atoms with Crippen molar-refractivity contribution in [2.75, 3.05) is 34.6 Å². The molecule has 2 amide bonds. The highest BCUT2D eigenvalue weighted by atomic mass is 35.5. The number of anilines is 2. The van der Waals surface area contributed by atoms with Crippen molar-refractivity contribution < 1.29 is 28.7 Å². The van der Waals surface area contributed by atoms with E-state index in [4.69, 9.17) is 32.7 Å². The Hall–Kier alpha value is -4.18. The topological polar surface area (TPSA) is 105 Å². The van der Waals surface area contributed by atoms with Gasteiger partial charge in [0.2, 0.25) is 11.8 Å². The van der Waals surface area contributed by atoms with E-state index >= 15 is 0 Å². The van der Waals surface area contributed by atoms with Crippen LogP contribution in [0.5, 0.6) is 11.5 Å². The van der Waals surface area contributed by atoms with Crippen molar-refractivity contribution >= 4 is 79.9 Å². The maximum Gasteiger partial charge on any atom is 0.308 e. The Bertz CT molecular complexity index is 1940. The summed E-state index contributed by atoms with van der Waals surface area (Å²) in [5.74, 6) is 0.0791. The normalized spacial score (nSPS) is 25.1. The van der Waals surface area contributed by atoms with Crippen LogP contribution < -0.4 is 24.6 Å². The van der Waals surface area contributed by atoms with E-state index in [1.807, 2.05) is 48.5 Å². The largest absolute Gasteiger partial charge is 0.426 e. The van der Waals surface area contributed by atoms with Gasteiger partial charge in [0.25, 0.3) is 0 Å². The molecular formula is C38H35Cl2N3O6. The number of carbonyl (C=O) groups excluding carboxylic acids is 4. The van der Waals surface area contributed by atoms with Crippen LogP contribution in [0.15, 0.2) is 60.7 Å². The van der Waals surface area contributed by atoms with Crippen molar-refractivity contribution in [2.24, 2.45) is 0 Å². The van der Waals surface area contributed by atoms with Gasteiger partial charge in [0.05, 0.1) is 22.5 Å². The van der Waals surface area contributed by atoms with Crippen LogP contribution in [-0.4, -0.2) is 59.7 Å². The Morgan fingerprint density at radius 3 is 1.39 bits per heavy atom. The maximum atomic E-state index is 14.7. The van der Waals surface area contributed by atoms with E-state index in [0.29, 0.717) is 73.4 Å². The molecule has 2 unspecified atom stereocenters. The second-order valence-corrected chi connectivity index (χ2v) is 14.3. The molecule has 11 heteroatoms. The first-order valence-electron chi connectivity index (χ1n) is 16.6. The lowest BCUT2D eigenvalue weighted by atomic mass is 9.80. The Labute approximate surface area is 293 Å². The molecule has 9 nitrogen and oxygen atoms in total. The second kappa shape index (κ2) is 11.7. The van der Waals surface area contributed by atoms with Crippen molar-refractivity contribution in [1.29, 1.82) is 0 Å². The van der Waals surface area contributed by atoms with E-state index in [2.05, 4.69) is 5.32 Å². The molecule has 2 atom stereocenters. The monoisotopic (exact) mass is 699 g/mol. The first-order valence-corrected chi connectivity index (χ1v) is 17.7. The number of hydrogen-bond acceptors (Lipinski definition) is 7. The fourth-order valence-corrected chi connectivity index (χ4v) is 9.31. The molecule has 4 aliphatic rings. The van der Waals surface area contributed by atoms with Crippen molar-refractivity contribution in [2.45, 2.75) is 62.4 Å². The van der Waals surface area contributed by atoms with Crippen LogP contribution in [0.1, 0.15) is 62.5 Å². The third kappa shape index (κ3) is 4.84. The molecule has 8 rings (SSSR count). The number of amides is 2. The van der Waals surface area contributed by atoms with E-state index in [1.165, 1.54) is 13.8 Å². The third-order valence-corrected chi connectivity index (χ3v) is 11.6. The summed E-state index contributed by atoms with van der Waals surface area (Å²) in [4.78, 5) is 57.1. The molecule has 4 aliphatic heterocycles. The Morgan fingerprint density at radius 1 is 0.673 bits per heavy atom. The van der Waals surface area contributed by atoms with Crippen molar-refractivity contribution in [3.8, 4) is 11.5 Å².